The number of anilines is 2. The standard InChI is InChI=1S/C48H44N2O2.C30H26N6O4/c1-31-9-7-11-37(27-31)29-49(43-23-13-33(3)25-35(43)5)41-19-15-39(16-20-41)45-47(51)46(48(45)52)40-17-21-42(22-18-40)50(30-38-12-8-10-32(2)28-38)44-24-14-34(4)26-36(44)6;37-27-23-3-1-4-24(35-23)28(38)32-16-20-9-13-22(14-10-20)18-34-30(40)26-6-2-5-25(36-26)29(39)33-17-21-11-7-19(8-12-21)15-31-27/h7-28H,29-30H2,1-6H3;1-14H,15-18H2,(H,31,37)(H,32,38)(H,33,39)(H,34,40). The second kappa shape index (κ2) is 28.0. The van der Waals surface area contributed by atoms with E-state index in [2.05, 4.69) is 167 Å². The number of nitrogens with zero attached hydrogens (tertiary/aromatic N) is 4. The molecule has 0 fully saturated rings. The van der Waals surface area contributed by atoms with Gasteiger partial charge in [0.25, 0.3) is 23.6 Å². The Hall–Kier alpha value is -11.4. The minimum atomic E-state index is -0.398. The number of pyridine rings is 2. The topological polar surface area (TPSA) is 189 Å². The molecule has 9 aromatic rings. The molecular formula is C78H70N8O6. The predicted octanol–water partition coefficient (Wildman–Crippen LogP) is 12.4. The summed E-state index contributed by atoms with van der Waals surface area (Å²) in [6.07, 6.45) is 7.84. The van der Waals surface area contributed by atoms with Crippen molar-refractivity contribution in [2.75, 3.05) is 4.90 Å². The highest BCUT2D eigenvalue weighted by Crippen LogP contribution is 2.39. The highest BCUT2D eigenvalue weighted by Gasteiger charge is 2.31. The van der Waals surface area contributed by atoms with Crippen LogP contribution in [0.25, 0.3) is 5.57 Å². The molecule has 2 aromatic heterocycles. The maximum atomic E-state index is 13.6. The maximum absolute atomic E-state index is 13.6. The minimum absolute atomic E-state index is 0.137. The second-order valence-corrected chi connectivity index (χ2v) is 23.4. The largest absolute Gasteiger partial charge is 0.871 e. The Labute approximate surface area is 536 Å². The molecule has 14 heteroatoms. The number of hydrogen-bond acceptors (Lipinski definition) is 9. The molecule has 6 heterocycles. The van der Waals surface area contributed by atoms with Gasteiger partial charge in [-0.1, -0.05) is 161 Å². The van der Waals surface area contributed by atoms with E-state index in [9.17, 15) is 29.1 Å². The summed E-state index contributed by atoms with van der Waals surface area (Å²) in [5.74, 6) is -2.01. The lowest BCUT2D eigenvalue weighted by atomic mass is 9.80. The summed E-state index contributed by atoms with van der Waals surface area (Å²) in [5.41, 5.74) is 19.6. The summed E-state index contributed by atoms with van der Waals surface area (Å²) in [6.45, 7) is 15.1. The predicted molar refractivity (Wildman–Crippen MR) is 358 cm³/mol. The summed E-state index contributed by atoms with van der Waals surface area (Å²) in [5, 5.41) is 24.9. The van der Waals surface area contributed by atoms with Crippen LogP contribution in [-0.2, 0) is 44.1 Å². The highest BCUT2D eigenvalue weighted by atomic mass is 16.3. The molecule has 6 aliphatic rings. The molecule has 15 rings (SSSR count). The van der Waals surface area contributed by atoms with Crippen LogP contribution < -0.4 is 31.3 Å². The van der Waals surface area contributed by atoms with Crippen molar-refractivity contribution in [2.45, 2.75) is 80.8 Å². The van der Waals surface area contributed by atoms with E-state index in [1.807, 2.05) is 97.1 Å². The molecular weight excluding hydrogens is 1140 g/mol. The van der Waals surface area contributed by atoms with Gasteiger partial charge in [-0.2, -0.15) is 4.58 Å². The van der Waals surface area contributed by atoms with Crippen molar-refractivity contribution >= 4 is 57.8 Å². The molecule has 92 heavy (non-hydrogen) atoms. The molecule has 0 atom stereocenters. The van der Waals surface area contributed by atoms with Crippen molar-refractivity contribution in [3.63, 3.8) is 0 Å². The molecule has 2 aliphatic carbocycles. The molecule has 0 saturated heterocycles. The number of Topliss-reactive ketones (excluding diaryl/α,β-unsaturated/α-hetero) is 1. The zero-order valence-electron chi connectivity index (χ0n) is 52.3. The summed E-state index contributed by atoms with van der Waals surface area (Å²) < 4.78 is 2.29. The molecule has 458 valence electrons. The van der Waals surface area contributed by atoms with E-state index >= 15 is 0 Å². The SMILES string of the molecule is Cc1cccc(CN(c2ccc(C3=C([O-])C(=C4C=CC(=[N+](Cc5cccc(C)c5)c5ccc(C)cc5C)C=C4)C3=O)cc2)c2ccc(C)cc2C)c1.O=C1NCc2ccc(cc2)CNC(=O)c2cccc(n2)C(=O)NCc2ccc(cc2)CNC(=O)c2cccc1n2. The summed E-state index contributed by atoms with van der Waals surface area (Å²) in [4.78, 5) is 75.1. The van der Waals surface area contributed by atoms with Crippen molar-refractivity contribution in [1.82, 2.24) is 31.2 Å². The molecule has 7 aromatic carbocycles. The quantitative estimate of drug-likeness (QED) is 0.0848. The van der Waals surface area contributed by atoms with Crippen LogP contribution in [0.4, 0.5) is 17.1 Å². The summed E-state index contributed by atoms with van der Waals surface area (Å²) >= 11 is 0. The van der Waals surface area contributed by atoms with Gasteiger partial charge in [0.05, 0.1) is 0 Å². The zero-order valence-corrected chi connectivity index (χ0v) is 52.3. The molecule has 8 bridgehead atoms. The number of aryl methyl sites for hydroxylation is 6. The Kier molecular flexibility index (Phi) is 18.9. The molecule has 0 unspecified atom stereocenters. The van der Waals surface area contributed by atoms with Gasteiger partial charge < -0.3 is 31.3 Å². The number of allylic oxidation sites excluding steroid dienone is 7. The first-order valence-corrected chi connectivity index (χ1v) is 30.6. The number of aromatic nitrogens is 2. The number of benzene rings is 7. The number of carbonyl (C=O) groups excluding carboxylic acids is 5. The average Bonchev–Trinajstić information content (AvgIpc) is 0.773. The first-order chi connectivity index (χ1) is 44.5. The molecule has 4 N–H and O–H groups in total. The number of amides is 4. The van der Waals surface area contributed by atoms with Gasteiger partial charge in [-0.15, -0.1) is 0 Å². The average molecular weight is 1220 g/mol. The van der Waals surface area contributed by atoms with Gasteiger partial charge in [0.1, 0.15) is 22.8 Å². The molecule has 0 radical (unpaired) electrons. The third kappa shape index (κ3) is 14.8. The van der Waals surface area contributed by atoms with E-state index in [4.69, 9.17) is 0 Å². The molecule has 4 aliphatic heterocycles. The Morgan fingerprint density at radius 2 is 0.859 bits per heavy atom. The number of rotatable bonds is 8. The Morgan fingerprint density at radius 1 is 0.435 bits per heavy atom. The van der Waals surface area contributed by atoms with Crippen LogP contribution in [0.5, 0.6) is 0 Å². The van der Waals surface area contributed by atoms with E-state index in [0.29, 0.717) is 24.2 Å². The van der Waals surface area contributed by atoms with Gasteiger partial charge >= 0.3 is 0 Å². The van der Waals surface area contributed by atoms with Gasteiger partial charge in [0.15, 0.2) is 12.3 Å². The van der Waals surface area contributed by atoms with Gasteiger partial charge in [-0.05, 0) is 153 Å². The van der Waals surface area contributed by atoms with Crippen molar-refractivity contribution in [2.24, 2.45) is 0 Å². The molecule has 4 amide bonds. The maximum Gasteiger partial charge on any atom is 0.270 e. The zero-order chi connectivity index (χ0) is 64.4. The van der Waals surface area contributed by atoms with Crippen LogP contribution in [0.15, 0.2) is 235 Å². The van der Waals surface area contributed by atoms with E-state index in [1.54, 1.807) is 36.4 Å². The van der Waals surface area contributed by atoms with E-state index in [0.717, 1.165) is 45.0 Å². The van der Waals surface area contributed by atoms with Crippen molar-refractivity contribution in [1.29, 1.82) is 0 Å². The van der Waals surface area contributed by atoms with Crippen LogP contribution in [-0.4, -0.2) is 49.7 Å². The van der Waals surface area contributed by atoms with Crippen molar-refractivity contribution in [3.05, 3.63) is 330 Å². The van der Waals surface area contributed by atoms with E-state index in [1.165, 1.54) is 44.5 Å². The van der Waals surface area contributed by atoms with Crippen molar-refractivity contribution < 1.29 is 33.7 Å². The van der Waals surface area contributed by atoms with Crippen LogP contribution in [0, 0.1) is 41.5 Å². The Bertz CT molecular complexity index is 4270. The first kappa shape index (κ1) is 62.2. The lowest BCUT2D eigenvalue weighted by Crippen LogP contribution is -2.30. The third-order valence-electron chi connectivity index (χ3n) is 16.3. The van der Waals surface area contributed by atoms with Gasteiger partial charge in [0.2, 0.25) is 11.4 Å². The van der Waals surface area contributed by atoms with Crippen LogP contribution >= 0.6 is 0 Å². The summed E-state index contributed by atoms with van der Waals surface area (Å²) in [6, 6.07) is 62.1. The van der Waals surface area contributed by atoms with Crippen LogP contribution in [0.1, 0.15) is 114 Å². The molecule has 0 saturated carbocycles. The second-order valence-electron chi connectivity index (χ2n) is 23.4. The normalized spacial score (nSPS) is 14.2. The molecule has 0 spiro atoms. The van der Waals surface area contributed by atoms with E-state index in [-0.39, 0.29) is 71.6 Å². The Balaban J connectivity index is 0.000000195. The molecule has 14 nitrogen and oxygen atoms in total. The fraction of sp³-hybridized carbons (Fsp3) is 0.154. The monoisotopic (exact) mass is 1210 g/mol. The van der Waals surface area contributed by atoms with Crippen LogP contribution in [0.3, 0.4) is 0 Å². The highest BCUT2D eigenvalue weighted by molar-refractivity contribution is 6.39. The minimum Gasteiger partial charge on any atom is -0.871 e. The van der Waals surface area contributed by atoms with Gasteiger partial charge in [0, 0.05) is 84.6 Å². The lowest BCUT2D eigenvalue weighted by molar-refractivity contribution is -0.456. The lowest BCUT2D eigenvalue weighted by Gasteiger charge is -2.33. The smallest absolute Gasteiger partial charge is 0.270 e. The number of hydrogen-bond donors (Lipinski definition) is 4. The number of nitrogens with one attached hydrogen (secondary N) is 4. The first-order valence-electron chi connectivity index (χ1n) is 30.6. The fourth-order valence-corrected chi connectivity index (χ4v) is 11.4. The van der Waals surface area contributed by atoms with Crippen molar-refractivity contribution in [3.8, 4) is 0 Å². The van der Waals surface area contributed by atoms with E-state index < -0.39 is 23.6 Å². The fourth-order valence-electron chi connectivity index (χ4n) is 11.4. The number of ketones is 1. The van der Waals surface area contributed by atoms with Crippen LogP contribution in [0.2, 0.25) is 0 Å². The van der Waals surface area contributed by atoms with Gasteiger partial charge in [-0.3, -0.25) is 24.0 Å². The summed E-state index contributed by atoms with van der Waals surface area (Å²) in [7, 11) is 0. The number of carbonyl (C=O) groups is 5. The Morgan fingerprint density at radius 3 is 1.30 bits per heavy atom. The third-order valence-corrected chi connectivity index (χ3v) is 16.3. The van der Waals surface area contributed by atoms with Gasteiger partial charge in [-0.25, -0.2) is 9.97 Å².